The van der Waals surface area contributed by atoms with Gasteiger partial charge in [0.1, 0.15) is 11.6 Å². The molecule has 1 saturated heterocycles. The largest absolute Gasteiger partial charge is 0.460 e. The average molecular weight is 213 g/mol. The van der Waals surface area contributed by atoms with E-state index in [1.807, 2.05) is 27.7 Å². The van der Waals surface area contributed by atoms with E-state index in [0.717, 1.165) is 6.42 Å². The van der Waals surface area contributed by atoms with Crippen LogP contribution in [0.4, 0.5) is 0 Å². The molecular weight excluding hydrogens is 194 g/mol. The first-order valence-corrected chi connectivity index (χ1v) is 5.33. The fourth-order valence-electron chi connectivity index (χ4n) is 1.27. The maximum absolute atomic E-state index is 11.5. The zero-order valence-corrected chi connectivity index (χ0v) is 9.79. The van der Waals surface area contributed by atoms with Crippen molar-refractivity contribution >= 4 is 11.9 Å². The lowest BCUT2D eigenvalue weighted by atomic mass is 10.0. The van der Waals surface area contributed by atoms with Crippen LogP contribution in [0.25, 0.3) is 0 Å². The molecule has 1 fully saturated rings. The molecule has 0 saturated carbocycles. The molecule has 1 N–H and O–H groups in total. The highest BCUT2D eigenvalue weighted by Gasteiger charge is 2.34. The van der Waals surface area contributed by atoms with Crippen molar-refractivity contribution in [3.8, 4) is 0 Å². The van der Waals surface area contributed by atoms with Crippen molar-refractivity contribution < 1.29 is 14.3 Å². The van der Waals surface area contributed by atoms with Gasteiger partial charge >= 0.3 is 5.97 Å². The molecular formula is C11H19NO3. The minimum Gasteiger partial charge on any atom is -0.460 e. The first kappa shape index (κ1) is 12.0. The van der Waals surface area contributed by atoms with Gasteiger partial charge < -0.3 is 10.1 Å². The number of amides is 1. The Morgan fingerprint density at radius 3 is 2.47 bits per heavy atom. The predicted octanol–water partition coefficient (Wildman–Crippen LogP) is 1.24. The van der Waals surface area contributed by atoms with Crippen LogP contribution in [0.3, 0.4) is 0 Å². The molecule has 2 unspecified atom stereocenters. The first-order chi connectivity index (χ1) is 6.79. The van der Waals surface area contributed by atoms with Crippen LogP contribution in [0.1, 0.15) is 40.5 Å². The van der Waals surface area contributed by atoms with Gasteiger partial charge in [-0.05, 0) is 33.6 Å². The van der Waals surface area contributed by atoms with Crippen LogP contribution >= 0.6 is 0 Å². The maximum Gasteiger partial charge on any atom is 0.309 e. The number of hydrogen-bond acceptors (Lipinski definition) is 3. The Hall–Kier alpha value is -1.06. The summed E-state index contributed by atoms with van der Waals surface area (Å²) in [5.74, 6) is -0.235. The average Bonchev–Trinajstić information content (AvgIpc) is 2.74. The van der Waals surface area contributed by atoms with E-state index >= 15 is 0 Å². The van der Waals surface area contributed by atoms with Gasteiger partial charge in [-0.1, -0.05) is 6.92 Å². The third-order valence-electron chi connectivity index (χ3n) is 2.25. The van der Waals surface area contributed by atoms with Crippen LogP contribution in [-0.4, -0.2) is 23.5 Å². The number of rotatable bonds is 4. The third-order valence-corrected chi connectivity index (χ3v) is 2.25. The molecule has 0 radical (unpaired) electrons. The summed E-state index contributed by atoms with van der Waals surface area (Å²) < 4.78 is 5.23. The van der Waals surface area contributed by atoms with Gasteiger partial charge in [0.15, 0.2) is 0 Å². The Morgan fingerprint density at radius 1 is 1.53 bits per heavy atom. The normalized spacial score (nSPS) is 21.9. The minimum absolute atomic E-state index is 0.0186. The van der Waals surface area contributed by atoms with Gasteiger partial charge in [-0.25, -0.2) is 0 Å². The summed E-state index contributed by atoms with van der Waals surface area (Å²) in [6.07, 6.45) is 1.41. The highest BCUT2D eigenvalue weighted by atomic mass is 16.6. The number of carbonyl (C=O) groups is 2. The lowest BCUT2D eigenvalue weighted by Crippen LogP contribution is -2.27. The summed E-state index contributed by atoms with van der Waals surface area (Å²) in [6.45, 7) is 7.39. The van der Waals surface area contributed by atoms with Crippen LogP contribution in [0.2, 0.25) is 0 Å². The van der Waals surface area contributed by atoms with Gasteiger partial charge in [-0.3, -0.25) is 9.59 Å². The molecule has 0 aromatic rings. The van der Waals surface area contributed by atoms with Gasteiger partial charge in [0.2, 0.25) is 5.91 Å². The molecule has 0 bridgehead atoms. The van der Waals surface area contributed by atoms with Crippen LogP contribution < -0.4 is 5.32 Å². The summed E-state index contributed by atoms with van der Waals surface area (Å²) in [4.78, 5) is 22.2. The summed E-state index contributed by atoms with van der Waals surface area (Å²) >= 11 is 0. The number of nitrogens with one attached hydrogen (secondary N) is 1. The fourth-order valence-corrected chi connectivity index (χ4v) is 1.27. The van der Waals surface area contributed by atoms with Crippen LogP contribution in [0, 0.1) is 5.92 Å². The van der Waals surface area contributed by atoms with Crippen molar-refractivity contribution in [2.45, 2.75) is 52.2 Å². The second-order valence-electron chi connectivity index (χ2n) is 5.07. The van der Waals surface area contributed by atoms with Crippen molar-refractivity contribution in [3.05, 3.63) is 0 Å². The van der Waals surface area contributed by atoms with Crippen LogP contribution in [0.5, 0.6) is 0 Å². The second kappa shape index (κ2) is 4.21. The number of ether oxygens (including phenoxy) is 1. The van der Waals surface area contributed by atoms with Crippen molar-refractivity contribution in [3.63, 3.8) is 0 Å². The molecule has 0 aliphatic carbocycles. The SMILES string of the molecule is CC(CCC1NC1=O)C(=O)OC(C)(C)C. The molecule has 0 spiro atoms. The van der Waals surface area contributed by atoms with Gasteiger partial charge in [-0.2, -0.15) is 0 Å². The van der Waals surface area contributed by atoms with E-state index in [0.29, 0.717) is 6.42 Å². The topological polar surface area (TPSA) is 65.3 Å². The van der Waals surface area contributed by atoms with Crippen molar-refractivity contribution in [2.24, 2.45) is 5.92 Å². The van der Waals surface area contributed by atoms with Crippen molar-refractivity contribution in [1.82, 2.24) is 5.32 Å². The minimum atomic E-state index is -0.432. The predicted molar refractivity (Wildman–Crippen MR) is 56.2 cm³/mol. The van der Waals surface area contributed by atoms with E-state index in [1.54, 1.807) is 0 Å². The number of esters is 1. The number of carbonyl (C=O) groups excluding carboxylic acids is 2. The van der Waals surface area contributed by atoms with Gasteiger partial charge in [0.25, 0.3) is 0 Å². The molecule has 4 heteroatoms. The Labute approximate surface area is 90.4 Å². The smallest absolute Gasteiger partial charge is 0.309 e. The van der Waals surface area contributed by atoms with E-state index in [-0.39, 0.29) is 23.8 Å². The fraction of sp³-hybridized carbons (Fsp3) is 0.818. The quantitative estimate of drug-likeness (QED) is 0.564. The van der Waals surface area contributed by atoms with Gasteiger partial charge in [-0.15, -0.1) is 0 Å². The lowest BCUT2D eigenvalue weighted by molar-refractivity contribution is -0.159. The standard InChI is InChI=1S/C11H19NO3/c1-7(5-6-8-9(13)12-8)10(14)15-11(2,3)4/h7-8H,5-6H2,1-4H3,(H,12,13). The van der Waals surface area contributed by atoms with E-state index in [4.69, 9.17) is 4.74 Å². The highest BCUT2D eigenvalue weighted by Crippen LogP contribution is 2.18. The zero-order valence-electron chi connectivity index (χ0n) is 9.79. The summed E-state index contributed by atoms with van der Waals surface area (Å²) in [6, 6.07) is -0.0186. The van der Waals surface area contributed by atoms with E-state index in [1.165, 1.54) is 0 Å². The molecule has 1 amide bonds. The van der Waals surface area contributed by atoms with E-state index in [2.05, 4.69) is 5.32 Å². The molecule has 15 heavy (non-hydrogen) atoms. The molecule has 0 aromatic heterocycles. The third kappa shape index (κ3) is 4.32. The van der Waals surface area contributed by atoms with Crippen LogP contribution in [0.15, 0.2) is 0 Å². The van der Waals surface area contributed by atoms with Crippen LogP contribution in [-0.2, 0) is 14.3 Å². The first-order valence-electron chi connectivity index (χ1n) is 5.33. The summed E-state index contributed by atoms with van der Waals surface area (Å²) in [5.41, 5.74) is -0.432. The Kier molecular flexibility index (Phi) is 3.37. The summed E-state index contributed by atoms with van der Waals surface area (Å²) in [7, 11) is 0. The van der Waals surface area contributed by atoms with Crippen molar-refractivity contribution in [2.75, 3.05) is 0 Å². The summed E-state index contributed by atoms with van der Waals surface area (Å²) in [5, 5.41) is 2.68. The Balaban J connectivity index is 2.23. The van der Waals surface area contributed by atoms with Crippen molar-refractivity contribution in [1.29, 1.82) is 0 Å². The second-order valence-corrected chi connectivity index (χ2v) is 5.07. The van der Waals surface area contributed by atoms with Gasteiger partial charge in [0.05, 0.1) is 5.92 Å². The highest BCUT2D eigenvalue weighted by molar-refractivity contribution is 5.96. The zero-order chi connectivity index (χ0) is 11.6. The monoisotopic (exact) mass is 213 g/mol. The molecule has 1 aliphatic rings. The molecule has 4 nitrogen and oxygen atoms in total. The Morgan fingerprint density at radius 2 is 2.07 bits per heavy atom. The molecule has 1 rings (SSSR count). The molecule has 86 valence electrons. The lowest BCUT2D eigenvalue weighted by Gasteiger charge is -2.22. The molecule has 2 atom stereocenters. The Bertz CT molecular complexity index is 267. The number of hydrogen-bond donors (Lipinski definition) is 1. The molecule has 1 heterocycles. The molecule has 1 aliphatic heterocycles. The van der Waals surface area contributed by atoms with E-state index < -0.39 is 5.60 Å². The maximum atomic E-state index is 11.5. The van der Waals surface area contributed by atoms with Gasteiger partial charge in [0, 0.05) is 0 Å². The molecule has 0 aromatic carbocycles. The van der Waals surface area contributed by atoms with E-state index in [9.17, 15) is 9.59 Å².